The third-order valence-electron chi connectivity index (χ3n) is 4.82. The van der Waals surface area contributed by atoms with Gasteiger partial charge in [0.05, 0.1) is 0 Å². The number of hydrogen-bond donors (Lipinski definition) is 1. The van der Waals surface area contributed by atoms with E-state index >= 15 is 0 Å². The maximum absolute atomic E-state index is 13.1. The van der Waals surface area contributed by atoms with Crippen LogP contribution in [0.25, 0.3) is 0 Å². The summed E-state index contributed by atoms with van der Waals surface area (Å²) in [6.07, 6.45) is 1.32. The third-order valence-corrected chi connectivity index (χ3v) is 4.82. The van der Waals surface area contributed by atoms with Crippen molar-refractivity contribution in [2.75, 3.05) is 26.2 Å². The maximum Gasteiger partial charge on any atom is 0.323 e. The number of hydrogen-bond acceptors (Lipinski definition) is 4. The molecule has 1 aliphatic heterocycles. The van der Waals surface area contributed by atoms with Crippen molar-refractivity contribution < 1.29 is 24.2 Å². The predicted molar refractivity (Wildman–Crippen MR) is 100 cm³/mol. The van der Waals surface area contributed by atoms with Crippen LogP contribution in [0.4, 0.5) is 0 Å². The van der Waals surface area contributed by atoms with Crippen molar-refractivity contribution in [1.29, 1.82) is 0 Å². The van der Waals surface area contributed by atoms with Gasteiger partial charge in [-0.15, -0.1) is 0 Å². The average Bonchev–Trinajstić information content (AvgIpc) is 2.90. The van der Waals surface area contributed by atoms with Crippen LogP contribution in [0.2, 0.25) is 0 Å². The molecule has 2 unspecified atom stereocenters. The fourth-order valence-corrected chi connectivity index (χ4v) is 3.52. The number of benzene rings is 1. The van der Waals surface area contributed by atoms with E-state index in [1.165, 1.54) is 11.8 Å². The molecule has 2 atom stereocenters. The highest BCUT2D eigenvalue weighted by molar-refractivity contribution is 5.82. The summed E-state index contributed by atoms with van der Waals surface area (Å²) in [5.41, 5.74) is 0.821. The van der Waals surface area contributed by atoms with Crippen LogP contribution in [0.1, 0.15) is 44.8 Å². The van der Waals surface area contributed by atoms with Gasteiger partial charge in [0.15, 0.2) is 6.10 Å². The molecule has 0 radical (unpaired) electrons. The molecule has 2 rings (SSSR count). The molecular weight excluding hydrogens is 348 g/mol. The van der Waals surface area contributed by atoms with Crippen LogP contribution in [0, 0.1) is 0 Å². The average molecular weight is 376 g/mol. The van der Waals surface area contributed by atoms with Gasteiger partial charge in [0.1, 0.15) is 6.54 Å². The number of amides is 2. The van der Waals surface area contributed by atoms with E-state index in [0.717, 1.165) is 5.56 Å². The smallest absolute Gasteiger partial charge is 0.323 e. The molecule has 1 aromatic carbocycles. The molecule has 0 saturated carbocycles. The molecule has 1 heterocycles. The van der Waals surface area contributed by atoms with Crippen LogP contribution in [0.3, 0.4) is 0 Å². The van der Waals surface area contributed by atoms with Gasteiger partial charge in [-0.05, 0) is 31.7 Å². The molecule has 1 saturated heterocycles. The molecule has 0 bridgehead atoms. The number of nitrogens with zero attached hydrogens (tertiary/aromatic N) is 2. The Balaban J connectivity index is 2.08. The van der Waals surface area contributed by atoms with Gasteiger partial charge in [0.25, 0.3) is 5.91 Å². The quantitative estimate of drug-likeness (QED) is 0.787. The Labute approximate surface area is 159 Å². The lowest BCUT2D eigenvalue weighted by atomic mass is 10.1. The van der Waals surface area contributed by atoms with E-state index in [-0.39, 0.29) is 24.4 Å². The summed E-state index contributed by atoms with van der Waals surface area (Å²) in [6.45, 7) is 4.42. The molecule has 27 heavy (non-hydrogen) atoms. The second-order valence-electron chi connectivity index (χ2n) is 6.70. The monoisotopic (exact) mass is 376 g/mol. The summed E-state index contributed by atoms with van der Waals surface area (Å²) in [7, 11) is 0. The zero-order chi connectivity index (χ0) is 19.8. The minimum absolute atomic E-state index is 0.0868. The highest BCUT2D eigenvalue weighted by Crippen LogP contribution is 2.24. The molecule has 0 aliphatic carbocycles. The van der Waals surface area contributed by atoms with E-state index < -0.39 is 12.1 Å². The van der Waals surface area contributed by atoms with Gasteiger partial charge >= 0.3 is 5.97 Å². The highest BCUT2D eigenvalue weighted by Gasteiger charge is 2.31. The normalized spacial score (nSPS) is 18.4. The molecule has 1 aliphatic rings. The lowest BCUT2D eigenvalue weighted by Gasteiger charge is -2.29. The Morgan fingerprint density at radius 1 is 1.22 bits per heavy atom. The molecular formula is C20H28N2O5. The van der Waals surface area contributed by atoms with E-state index in [0.29, 0.717) is 39.0 Å². The van der Waals surface area contributed by atoms with Gasteiger partial charge in [0, 0.05) is 32.7 Å². The van der Waals surface area contributed by atoms with E-state index in [4.69, 9.17) is 9.84 Å². The van der Waals surface area contributed by atoms with Crippen LogP contribution in [0.15, 0.2) is 30.3 Å². The molecule has 1 N–H and O–H groups in total. The van der Waals surface area contributed by atoms with E-state index in [2.05, 4.69) is 0 Å². The summed E-state index contributed by atoms with van der Waals surface area (Å²) in [5.74, 6) is -1.36. The lowest BCUT2D eigenvalue weighted by molar-refractivity contribution is -0.146. The number of carbonyl (C=O) groups excluding carboxylic acids is 2. The summed E-state index contributed by atoms with van der Waals surface area (Å²) in [4.78, 5) is 39.1. The van der Waals surface area contributed by atoms with Gasteiger partial charge in [-0.1, -0.05) is 30.3 Å². The number of ether oxygens (including phenoxy) is 1. The molecule has 0 spiro atoms. The predicted octanol–water partition coefficient (Wildman–Crippen LogP) is 2.08. The molecule has 0 aromatic heterocycles. The SMILES string of the molecule is CCOC(C(=O)N1CCCC(N(CC(=O)O)C(C)=O)CC1)c1ccccc1. The number of carbonyl (C=O) groups is 3. The largest absolute Gasteiger partial charge is 0.480 e. The minimum Gasteiger partial charge on any atom is -0.480 e. The Hall–Kier alpha value is -2.41. The highest BCUT2D eigenvalue weighted by atomic mass is 16.5. The third kappa shape index (κ3) is 5.79. The molecule has 1 fully saturated rings. The van der Waals surface area contributed by atoms with Crippen LogP contribution >= 0.6 is 0 Å². The van der Waals surface area contributed by atoms with Crippen molar-refractivity contribution in [3.8, 4) is 0 Å². The van der Waals surface area contributed by atoms with Gasteiger partial charge in [-0.2, -0.15) is 0 Å². The zero-order valence-electron chi connectivity index (χ0n) is 16.0. The van der Waals surface area contributed by atoms with Crippen molar-refractivity contribution in [1.82, 2.24) is 9.80 Å². The van der Waals surface area contributed by atoms with Crippen molar-refractivity contribution in [3.05, 3.63) is 35.9 Å². The van der Waals surface area contributed by atoms with Gasteiger partial charge < -0.3 is 19.6 Å². The Kier molecular flexibility index (Phi) is 7.79. The van der Waals surface area contributed by atoms with E-state index in [9.17, 15) is 14.4 Å². The topological polar surface area (TPSA) is 87.2 Å². The summed E-state index contributed by atoms with van der Waals surface area (Å²) in [5, 5.41) is 9.06. The zero-order valence-corrected chi connectivity index (χ0v) is 16.0. The summed E-state index contributed by atoms with van der Waals surface area (Å²) >= 11 is 0. The Morgan fingerprint density at radius 3 is 2.52 bits per heavy atom. The fourth-order valence-electron chi connectivity index (χ4n) is 3.52. The van der Waals surface area contributed by atoms with Crippen LogP contribution < -0.4 is 0 Å². The standard InChI is InChI=1S/C20H28N2O5/c1-3-27-19(16-8-5-4-6-9-16)20(26)21-12-7-10-17(11-13-21)22(15(2)23)14-18(24)25/h4-6,8-9,17,19H,3,7,10-14H2,1-2H3,(H,24,25). The van der Waals surface area contributed by atoms with Crippen molar-refractivity contribution in [2.45, 2.75) is 45.3 Å². The van der Waals surface area contributed by atoms with E-state index in [1.54, 1.807) is 4.90 Å². The summed E-state index contributed by atoms with van der Waals surface area (Å²) in [6, 6.07) is 9.24. The number of carboxylic acids is 1. The Morgan fingerprint density at radius 2 is 1.93 bits per heavy atom. The number of carboxylic acid groups (broad SMARTS) is 1. The van der Waals surface area contributed by atoms with Gasteiger partial charge in [-0.3, -0.25) is 14.4 Å². The van der Waals surface area contributed by atoms with E-state index in [1.807, 2.05) is 37.3 Å². The first-order valence-corrected chi connectivity index (χ1v) is 9.38. The first kappa shape index (κ1) is 20.9. The molecule has 7 heteroatoms. The second kappa shape index (κ2) is 10.1. The van der Waals surface area contributed by atoms with Crippen molar-refractivity contribution >= 4 is 17.8 Å². The molecule has 148 valence electrons. The first-order valence-electron chi connectivity index (χ1n) is 9.38. The molecule has 1 aromatic rings. The fraction of sp³-hybridized carbons (Fsp3) is 0.550. The van der Waals surface area contributed by atoms with Crippen LogP contribution in [-0.4, -0.2) is 65.0 Å². The van der Waals surface area contributed by atoms with Crippen molar-refractivity contribution in [2.24, 2.45) is 0 Å². The Bertz CT molecular complexity index is 649. The second-order valence-corrected chi connectivity index (χ2v) is 6.70. The van der Waals surface area contributed by atoms with Crippen molar-refractivity contribution in [3.63, 3.8) is 0 Å². The van der Waals surface area contributed by atoms with Crippen LogP contribution in [-0.2, 0) is 19.1 Å². The van der Waals surface area contributed by atoms with Gasteiger partial charge in [-0.25, -0.2) is 0 Å². The van der Waals surface area contributed by atoms with Crippen LogP contribution in [0.5, 0.6) is 0 Å². The molecule has 7 nitrogen and oxygen atoms in total. The number of rotatable bonds is 7. The molecule has 2 amide bonds. The minimum atomic E-state index is -1.03. The number of likely N-dealkylation sites (tertiary alicyclic amines) is 1. The van der Waals surface area contributed by atoms with Gasteiger partial charge in [0.2, 0.25) is 5.91 Å². The maximum atomic E-state index is 13.1. The lowest BCUT2D eigenvalue weighted by Crippen LogP contribution is -2.43. The number of aliphatic carboxylic acids is 1. The first-order chi connectivity index (χ1) is 12.9. The summed E-state index contributed by atoms with van der Waals surface area (Å²) < 4.78 is 5.72.